The highest BCUT2D eigenvalue weighted by Crippen LogP contribution is 2.33. The molecule has 2 aromatic heterocycles. The van der Waals surface area contributed by atoms with Gasteiger partial charge in [0.15, 0.2) is 5.82 Å². The minimum Gasteiger partial charge on any atom is -0.489 e. The Hall–Kier alpha value is -7.67. The van der Waals surface area contributed by atoms with E-state index in [0.717, 1.165) is 107 Å². The van der Waals surface area contributed by atoms with Gasteiger partial charge in [-0.05, 0) is 92.0 Å². The van der Waals surface area contributed by atoms with Gasteiger partial charge in [0.25, 0.3) is 11.8 Å². The SMILES string of the molecule is CNc1nc(-c2cnc3ccccc3c2)nc2c1CCN(C(=O)c1ccc(COc3ccc(C#CCN4CCN(CCCNc5cccc6c5CN(C5CCC(=O)NC5=O)C6=O)CC4)cc3)cc1)C2. The quantitative estimate of drug-likeness (QED) is 0.0732. The fraction of sp³-hybridized carbons (Fsp3) is 0.315. The molecule has 4 aliphatic rings. The van der Waals surface area contributed by atoms with Crippen molar-refractivity contribution in [3.05, 3.63) is 142 Å². The van der Waals surface area contributed by atoms with Gasteiger partial charge in [-0.1, -0.05) is 48.2 Å². The number of aromatic nitrogens is 3. The average molecular weight is 923 g/mol. The van der Waals surface area contributed by atoms with Gasteiger partial charge in [0.05, 0.1) is 24.3 Å². The fourth-order valence-electron chi connectivity index (χ4n) is 9.56. The van der Waals surface area contributed by atoms with Gasteiger partial charge in [0.1, 0.15) is 24.2 Å². The minimum absolute atomic E-state index is 0.0383. The maximum Gasteiger partial charge on any atom is 0.255 e. The highest BCUT2D eigenvalue weighted by atomic mass is 16.5. The number of nitrogens with zero attached hydrogens (tertiary/aromatic N) is 7. The van der Waals surface area contributed by atoms with Crippen molar-refractivity contribution >= 4 is 46.0 Å². The summed E-state index contributed by atoms with van der Waals surface area (Å²) < 4.78 is 6.10. The number of imide groups is 1. The van der Waals surface area contributed by atoms with E-state index in [1.807, 2.05) is 103 Å². The van der Waals surface area contributed by atoms with Crippen LogP contribution in [0.1, 0.15) is 67.9 Å². The third-order valence-electron chi connectivity index (χ3n) is 13.4. The zero-order chi connectivity index (χ0) is 47.3. The van der Waals surface area contributed by atoms with Crippen LogP contribution >= 0.6 is 0 Å². The molecule has 0 aliphatic carbocycles. The lowest BCUT2D eigenvalue weighted by Gasteiger charge is -2.33. The molecule has 1 atom stereocenters. The molecule has 6 aromatic rings. The molecule has 15 heteroatoms. The van der Waals surface area contributed by atoms with E-state index in [0.29, 0.717) is 62.6 Å². The van der Waals surface area contributed by atoms with Gasteiger partial charge < -0.3 is 30.1 Å². The first-order chi connectivity index (χ1) is 33.8. The Balaban J connectivity index is 0.640. The van der Waals surface area contributed by atoms with Crippen molar-refractivity contribution in [1.82, 2.24) is 39.9 Å². The summed E-state index contributed by atoms with van der Waals surface area (Å²) in [5.74, 6) is 7.88. The Labute approximate surface area is 401 Å². The molecule has 0 spiro atoms. The van der Waals surface area contributed by atoms with Crippen LogP contribution in [-0.2, 0) is 35.7 Å². The van der Waals surface area contributed by atoms with Crippen LogP contribution < -0.4 is 20.7 Å². The number of pyridine rings is 1. The van der Waals surface area contributed by atoms with E-state index in [2.05, 4.69) is 48.6 Å². The second-order valence-corrected chi connectivity index (χ2v) is 17.9. The number of hydrogen-bond acceptors (Lipinski definition) is 12. The summed E-state index contributed by atoms with van der Waals surface area (Å²) in [7, 11) is 1.86. The molecule has 4 aliphatic heterocycles. The predicted octanol–water partition coefficient (Wildman–Crippen LogP) is 5.74. The fourth-order valence-corrected chi connectivity index (χ4v) is 9.56. The second kappa shape index (κ2) is 20.3. The van der Waals surface area contributed by atoms with Gasteiger partial charge in [-0.15, -0.1) is 0 Å². The topological polar surface area (TPSA) is 165 Å². The van der Waals surface area contributed by atoms with Gasteiger partial charge in [-0.2, -0.15) is 0 Å². The van der Waals surface area contributed by atoms with Crippen molar-refractivity contribution in [2.45, 2.75) is 51.4 Å². The number of amides is 4. The van der Waals surface area contributed by atoms with Crippen LogP contribution in [0.4, 0.5) is 11.5 Å². The molecule has 1 unspecified atom stereocenters. The highest BCUT2D eigenvalue weighted by molar-refractivity contribution is 6.06. The van der Waals surface area contributed by atoms with Crippen molar-refractivity contribution in [2.24, 2.45) is 0 Å². The number of piperidine rings is 1. The smallest absolute Gasteiger partial charge is 0.255 e. The van der Waals surface area contributed by atoms with Crippen molar-refractivity contribution in [3.8, 4) is 29.0 Å². The first-order valence-corrected chi connectivity index (χ1v) is 23.7. The van der Waals surface area contributed by atoms with Crippen LogP contribution in [0.5, 0.6) is 5.75 Å². The largest absolute Gasteiger partial charge is 0.489 e. The first-order valence-electron chi connectivity index (χ1n) is 23.7. The number of rotatable bonds is 13. The molecule has 2 saturated heterocycles. The number of benzene rings is 4. The lowest BCUT2D eigenvalue weighted by atomic mass is 10.0. The number of ether oxygens (including phenoxy) is 1. The Morgan fingerprint density at radius 1 is 0.855 bits per heavy atom. The molecule has 3 N–H and O–H groups in total. The van der Waals surface area contributed by atoms with E-state index in [-0.39, 0.29) is 24.1 Å². The molecule has 4 aromatic carbocycles. The molecular formula is C54H54N10O5. The molecular weight excluding hydrogens is 869 g/mol. The molecule has 10 rings (SSSR count). The molecule has 6 heterocycles. The van der Waals surface area contributed by atoms with E-state index < -0.39 is 11.9 Å². The van der Waals surface area contributed by atoms with E-state index in [1.165, 1.54) is 0 Å². The molecule has 350 valence electrons. The van der Waals surface area contributed by atoms with Crippen molar-refractivity contribution in [2.75, 3.05) is 70.0 Å². The van der Waals surface area contributed by atoms with Crippen LogP contribution in [0, 0.1) is 11.8 Å². The maximum absolute atomic E-state index is 13.7. The van der Waals surface area contributed by atoms with Crippen molar-refractivity contribution < 1.29 is 23.9 Å². The third kappa shape index (κ3) is 10.1. The van der Waals surface area contributed by atoms with E-state index in [1.54, 1.807) is 11.1 Å². The standard InChI is InChI=1S/C54H54N10O5/c1-55-51-43-22-26-63(34-47(43)58-50(60-51)40-31-39-8-2-3-10-45(39)57-32-40)53(67)38-16-12-37(13-17-38)35-69-41-18-14-36(15-19-41)7-5-24-61-27-29-62(30-28-61)25-6-23-56-46-11-4-9-42-44(46)33-64(54(42)68)48-20-21-49(65)59-52(48)66/h2-4,8-19,31-32,48,56H,6,20-30,33-35H2,1H3,(H,55,58,60)(H,59,65,66). The molecule has 0 bridgehead atoms. The summed E-state index contributed by atoms with van der Waals surface area (Å²) in [5, 5.41) is 10.2. The lowest BCUT2D eigenvalue weighted by molar-refractivity contribution is -0.136. The van der Waals surface area contributed by atoms with Gasteiger partial charge in [0, 0.05) is 110 Å². The zero-order valence-electron chi connectivity index (χ0n) is 38.7. The highest BCUT2D eigenvalue weighted by Gasteiger charge is 2.40. The minimum atomic E-state index is -0.620. The van der Waals surface area contributed by atoms with Crippen LogP contribution in [0.2, 0.25) is 0 Å². The normalized spacial score (nSPS) is 17.2. The molecule has 2 fully saturated rings. The number of nitrogens with one attached hydrogen (secondary N) is 3. The van der Waals surface area contributed by atoms with Crippen LogP contribution in [0.25, 0.3) is 22.3 Å². The second-order valence-electron chi connectivity index (χ2n) is 17.9. The van der Waals surface area contributed by atoms with Gasteiger partial charge in [-0.25, -0.2) is 9.97 Å². The van der Waals surface area contributed by atoms with Crippen molar-refractivity contribution in [1.29, 1.82) is 0 Å². The summed E-state index contributed by atoms with van der Waals surface area (Å²) in [6.07, 6.45) is 4.01. The molecule has 15 nitrogen and oxygen atoms in total. The van der Waals surface area contributed by atoms with E-state index in [4.69, 9.17) is 14.7 Å². The lowest BCUT2D eigenvalue weighted by Crippen LogP contribution is -2.52. The van der Waals surface area contributed by atoms with Gasteiger partial charge in [-0.3, -0.25) is 34.4 Å². The Bertz CT molecular complexity index is 2980. The van der Waals surface area contributed by atoms with Crippen molar-refractivity contribution in [3.63, 3.8) is 0 Å². The van der Waals surface area contributed by atoms with Crippen LogP contribution in [0.3, 0.4) is 0 Å². The van der Waals surface area contributed by atoms with E-state index in [9.17, 15) is 19.2 Å². The molecule has 0 radical (unpaired) electrons. The molecule has 4 amide bonds. The molecule has 69 heavy (non-hydrogen) atoms. The van der Waals surface area contributed by atoms with Crippen LogP contribution in [0.15, 0.2) is 103 Å². The first kappa shape index (κ1) is 45.1. The summed E-state index contributed by atoms with van der Waals surface area (Å²) in [6, 6.07) is 30.5. The van der Waals surface area contributed by atoms with Gasteiger partial charge >= 0.3 is 0 Å². The Morgan fingerprint density at radius 2 is 1.67 bits per heavy atom. The summed E-state index contributed by atoms with van der Waals surface area (Å²) in [4.78, 5) is 73.7. The van der Waals surface area contributed by atoms with Gasteiger partial charge in [0.2, 0.25) is 11.8 Å². The Kier molecular flexibility index (Phi) is 13.3. The zero-order valence-corrected chi connectivity index (χ0v) is 38.7. The number of carbonyl (C=O) groups excluding carboxylic acids is 4. The number of para-hydroxylation sites is 1. The summed E-state index contributed by atoms with van der Waals surface area (Å²) in [6.45, 7) is 8.04. The van der Waals surface area contributed by atoms with Crippen LogP contribution in [-0.4, -0.2) is 124 Å². The summed E-state index contributed by atoms with van der Waals surface area (Å²) in [5.41, 5.74) is 8.59. The van der Waals surface area contributed by atoms with E-state index >= 15 is 0 Å². The number of fused-ring (bicyclic) bond motifs is 3. The maximum atomic E-state index is 13.7. The average Bonchev–Trinajstić information content (AvgIpc) is 3.72. The number of carbonyl (C=O) groups is 4. The predicted molar refractivity (Wildman–Crippen MR) is 263 cm³/mol. The Morgan fingerprint density at radius 3 is 2.48 bits per heavy atom. The number of hydrogen-bond donors (Lipinski definition) is 3. The monoisotopic (exact) mass is 922 g/mol. The third-order valence-corrected chi connectivity index (χ3v) is 13.4. The molecule has 0 saturated carbocycles. The number of piperazine rings is 1. The number of anilines is 2. The summed E-state index contributed by atoms with van der Waals surface area (Å²) >= 11 is 0.